The Morgan fingerprint density at radius 1 is 0.932 bits per heavy atom. The summed E-state index contributed by atoms with van der Waals surface area (Å²) >= 11 is 0. The van der Waals surface area contributed by atoms with Crippen LogP contribution in [0.15, 0.2) is 48.5 Å². The van der Waals surface area contributed by atoms with Crippen LogP contribution >= 0.6 is 0 Å². The molecule has 0 spiro atoms. The van der Waals surface area contributed by atoms with Gasteiger partial charge in [0.2, 0.25) is 5.91 Å². The molecule has 3 heterocycles. The molecular weight excluding hydrogens is 579 g/mol. The maximum atomic E-state index is 12.9. The number of hydrogen-bond acceptors (Lipinski definition) is 7. The first kappa shape index (κ1) is 32.4. The van der Waals surface area contributed by atoms with E-state index in [1.165, 1.54) is 0 Å². The van der Waals surface area contributed by atoms with E-state index in [9.17, 15) is 33.0 Å². The number of aliphatic hydroxyl groups excluding tert-OH is 2. The quantitative estimate of drug-likeness (QED) is 0.394. The smallest absolute Gasteiger partial charge is 0.395 e. The van der Waals surface area contributed by atoms with E-state index in [4.69, 9.17) is 9.47 Å². The topological polar surface area (TPSA) is 112 Å². The number of rotatable bonds is 9. The molecule has 3 fully saturated rings. The number of nitrogens with one attached hydrogen (secondary N) is 1. The SMILES string of the molecule is C[C@@H]1[C@H](CN2CCC[C@H]2CO)O[C@H](c2ccc(CNC(=O)[C@@H]3CCCN3C(=O)C(F)(F)F)cc2)O[C@@H]1c1ccc(CO)cc1. The van der Waals surface area contributed by atoms with Crippen LogP contribution in [0.25, 0.3) is 0 Å². The van der Waals surface area contributed by atoms with Crippen molar-refractivity contribution in [3.63, 3.8) is 0 Å². The van der Waals surface area contributed by atoms with Gasteiger partial charge in [-0.1, -0.05) is 55.5 Å². The zero-order chi connectivity index (χ0) is 31.4. The molecule has 3 N–H and O–H groups in total. The van der Waals surface area contributed by atoms with Gasteiger partial charge in [0, 0.05) is 37.2 Å². The standard InChI is InChI=1S/C32H40F3N3O6/c1-20-27(17-37-14-2-4-25(37)19-40)43-30(44-28(20)23-10-8-22(18-39)9-11-23)24-12-6-21(7-13-24)16-36-29(41)26-5-3-15-38(26)31(42)32(33,34)35/h6-13,20,25-28,30,39-40H,2-5,14-19H2,1H3,(H,36,41)/t20-,25+,26+,27+,28+,30+/m1/s1. The molecule has 3 saturated heterocycles. The second kappa shape index (κ2) is 13.9. The Labute approximate surface area is 254 Å². The van der Waals surface area contributed by atoms with E-state index in [1.54, 1.807) is 12.1 Å². The van der Waals surface area contributed by atoms with Crippen molar-refractivity contribution in [3.8, 4) is 0 Å². The van der Waals surface area contributed by atoms with Crippen molar-refractivity contribution in [2.75, 3.05) is 26.2 Å². The normalized spacial score (nSPS) is 27.9. The van der Waals surface area contributed by atoms with Crippen molar-refractivity contribution < 1.29 is 42.4 Å². The molecule has 44 heavy (non-hydrogen) atoms. The van der Waals surface area contributed by atoms with Crippen LogP contribution in [0, 0.1) is 5.92 Å². The average Bonchev–Trinajstić information content (AvgIpc) is 3.70. The van der Waals surface area contributed by atoms with E-state index < -0.39 is 30.3 Å². The minimum Gasteiger partial charge on any atom is -0.395 e. The van der Waals surface area contributed by atoms with Gasteiger partial charge < -0.3 is 29.9 Å². The molecule has 2 amide bonds. The number of amides is 2. The molecule has 12 heteroatoms. The second-order valence-electron chi connectivity index (χ2n) is 11.9. The average molecular weight is 620 g/mol. The van der Waals surface area contributed by atoms with E-state index >= 15 is 0 Å². The molecule has 5 rings (SSSR count). The van der Waals surface area contributed by atoms with Gasteiger partial charge in [-0.15, -0.1) is 0 Å². The third kappa shape index (κ3) is 7.26. The van der Waals surface area contributed by atoms with Gasteiger partial charge >= 0.3 is 12.1 Å². The summed E-state index contributed by atoms with van der Waals surface area (Å²) in [5.74, 6) is -2.60. The molecule has 6 atom stereocenters. The number of nitrogens with zero attached hydrogens (tertiary/aromatic N) is 2. The van der Waals surface area contributed by atoms with Gasteiger partial charge in [-0.25, -0.2) is 0 Å². The van der Waals surface area contributed by atoms with Gasteiger partial charge in [0.25, 0.3) is 0 Å². The summed E-state index contributed by atoms with van der Waals surface area (Å²) in [4.78, 5) is 27.3. The predicted molar refractivity (Wildman–Crippen MR) is 154 cm³/mol. The monoisotopic (exact) mass is 619 g/mol. The van der Waals surface area contributed by atoms with Gasteiger partial charge in [-0.2, -0.15) is 13.2 Å². The molecule has 0 unspecified atom stereocenters. The molecule has 0 aromatic heterocycles. The number of likely N-dealkylation sites (tertiary alicyclic amines) is 2. The van der Waals surface area contributed by atoms with E-state index in [0.717, 1.165) is 41.6 Å². The molecule has 0 saturated carbocycles. The van der Waals surface area contributed by atoms with Crippen LogP contribution in [-0.2, 0) is 32.2 Å². The number of ether oxygens (including phenoxy) is 2. The highest BCUT2D eigenvalue weighted by Gasteiger charge is 2.47. The molecule has 9 nitrogen and oxygen atoms in total. The summed E-state index contributed by atoms with van der Waals surface area (Å²) in [7, 11) is 0. The Kier molecular flexibility index (Phi) is 10.3. The highest BCUT2D eigenvalue weighted by Crippen LogP contribution is 2.42. The Morgan fingerprint density at radius 2 is 1.59 bits per heavy atom. The lowest BCUT2D eigenvalue weighted by Crippen LogP contribution is -2.50. The van der Waals surface area contributed by atoms with Crippen LogP contribution in [0.3, 0.4) is 0 Å². The number of carbonyl (C=O) groups excluding carboxylic acids is 2. The lowest BCUT2D eigenvalue weighted by atomic mass is 9.90. The van der Waals surface area contributed by atoms with Crippen LogP contribution in [0.4, 0.5) is 13.2 Å². The van der Waals surface area contributed by atoms with Gasteiger partial charge in [-0.05, 0) is 48.9 Å². The molecule has 240 valence electrons. The van der Waals surface area contributed by atoms with Crippen molar-refractivity contribution >= 4 is 11.8 Å². The van der Waals surface area contributed by atoms with Gasteiger partial charge in [0.15, 0.2) is 6.29 Å². The van der Waals surface area contributed by atoms with E-state index in [0.29, 0.717) is 17.9 Å². The molecule has 0 aliphatic carbocycles. The van der Waals surface area contributed by atoms with E-state index in [1.807, 2.05) is 36.4 Å². The number of halogens is 3. The van der Waals surface area contributed by atoms with Crippen LogP contribution in [0.1, 0.15) is 67.3 Å². The molecule has 0 radical (unpaired) electrons. The number of alkyl halides is 3. The Morgan fingerprint density at radius 3 is 2.25 bits per heavy atom. The maximum absolute atomic E-state index is 12.9. The fraction of sp³-hybridized carbons (Fsp3) is 0.562. The van der Waals surface area contributed by atoms with Crippen molar-refractivity contribution in [3.05, 3.63) is 70.8 Å². The zero-order valence-corrected chi connectivity index (χ0v) is 24.7. The van der Waals surface area contributed by atoms with Crippen molar-refractivity contribution in [2.45, 2.75) is 82.5 Å². The highest BCUT2D eigenvalue weighted by atomic mass is 19.4. The highest BCUT2D eigenvalue weighted by molar-refractivity contribution is 5.90. The van der Waals surface area contributed by atoms with Crippen LogP contribution < -0.4 is 5.32 Å². The third-order valence-electron chi connectivity index (χ3n) is 9.03. The molecule has 3 aliphatic rings. The summed E-state index contributed by atoms with van der Waals surface area (Å²) in [5, 5.41) is 22.0. The number of carbonyl (C=O) groups is 2. The van der Waals surface area contributed by atoms with Crippen LogP contribution in [0.2, 0.25) is 0 Å². The number of aliphatic hydroxyl groups is 2. The van der Waals surface area contributed by atoms with Crippen molar-refractivity contribution in [1.82, 2.24) is 15.1 Å². The number of hydrogen-bond donors (Lipinski definition) is 3. The Hall–Kier alpha value is -3.03. The molecule has 2 aromatic rings. The largest absolute Gasteiger partial charge is 0.471 e. The summed E-state index contributed by atoms with van der Waals surface area (Å²) in [6.07, 6.45) is -3.69. The molecular formula is C32H40F3N3O6. The van der Waals surface area contributed by atoms with Gasteiger partial charge in [0.05, 0.1) is 25.4 Å². The van der Waals surface area contributed by atoms with Crippen molar-refractivity contribution in [2.24, 2.45) is 5.92 Å². The lowest BCUT2D eigenvalue weighted by Gasteiger charge is -2.43. The summed E-state index contributed by atoms with van der Waals surface area (Å²) in [6, 6.07) is 13.9. The summed E-state index contributed by atoms with van der Waals surface area (Å²) in [6.45, 7) is 3.67. The van der Waals surface area contributed by atoms with Crippen molar-refractivity contribution in [1.29, 1.82) is 0 Å². The fourth-order valence-electron chi connectivity index (χ4n) is 6.45. The fourth-order valence-corrected chi connectivity index (χ4v) is 6.45. The molecule has 3 aliphatic heterocycles. The Balaban J connectivity index is 1.27. The first-order valence-electron chi connectivity index (χ1n) is 15.2. The molecule has 2 aromatic carbocycles. The molecule has 0 bridgehead atoms. The third-order valence-corrected chi connectivity index (χ3v) is 9.03. The van der Waals surface area contributed by atoms with Crippen LogP contribution in [0.5, 0.6) is 0 Å². The number of benzene rings is 2. The zero-order valence-electron chi connectivity index (χ0n) is 24.7. The van der Waals surface area contributed by atoms with E-state index in [-0.39, 0.29) is 56.9 Å². The first-order valence-corrected chi connectivity index (χ1v) is 15.2. The lowest BCUT2D eigenvalue weighted by molar-refractivity contribution is -0.276. The summed E-state index contributed by atoms with van der Waals surface area (Å²) < 4.78 is 51.9. The predicted octanol–water partition coefficient (Wildman–Crippen LogP) is 3.60. The van der Waals surface area contributed by atoms with Gasteiger partial charge in [0.1, 0.15) is 6.04 Å². The Bertz CT molecular complexity index is 1280. The van der Waals surface area contributed by atoms with Gasteiger partial charge in [-0.3, -0.25) is 14.5 Å². The van der Waals surface area contributed by atoms with Crippen LogP contribution in [-0.4, -0.2) is 82.4 Å². The maximum Gasteiger partial charge on any atom is 0.471 e. The minimum absolute atomic E-state index is 0.0000327. The summed E-state index contributed by atoms with van der Waals surface area (Å²) in [5.41, 5.74) is 3.28. The minimum atomic E-state index is -5.02. The first-order chi connectivity index (χ1) is 21.1. The second-order valence-corrected chi connectivity index (χ2v) is 11.9. The van der Waals surface area contributed by atoms with E-state index in [2.05, 4.69) is 17.1 Å².